The molecular weight excluding hydrogens is 803 g/mol. The summed E-state index contributed by atoms with van der Waals surface area (Å²) in [5, 5.41) is 6.79. The second-order valence-electron chi connectivity index (χ2n) is 14.5. The van der Waals surface area contributed by atoms with Gasteiger partial charge in [-0.2, -0.15) is 0 Å². The Balaban J connectivity index is 0.000000179. The first kappa shape index (κ1) is 41.8. The van der Waals surface area contributed by atoms with Gasteiger partial charge >= 0.3 is 12.2 Å². The second-order valence-corrected chi connectivity index (χ2v) is 16.8. The molecule has 2 amide bonds. The summed E-state index contributed by atoms with van der Waals surface area (Å²) >= 11 is 4.64. The molecule has 14 heteroatoms. The Bertz CT molecular complexity index is 2100. The third kappa shape index (κ3) is 13.1. The van der Waals surface area contributed by atoms with Gasteiger partial charge in [-0.3, -0.25) is 0 Å². The zero-order valence-corrected chi connectivity index (χ0v) is 35.4. The highest BCUT2D eigenvalue weighted by atomic mass is 32.1. The van der Waals surface area contributed by atoms with Crippen LogP contribution in [0.4, 0.5) is 9.59 Å². The van der Waals surface area contributed by atoms with E-state index in [4.69, 9.17) is 18.9 Å². The van der Waals surface area contributed by atoms with Crippen LogP contribution in [0.3, 0.4) is 0 Å². The van der Waals surface area contributed by atoms with Crippen molar-refractivity contribution in [3.63, 3.8) is 0 Å². The van der Waals surface area contributed by atoms with Crippen LogP contribution in [-0.4, -0.2) is 76.3 Å². The van der Waals surface area contributed by atoms with Gasteiger partial charge in [0.2, 0.25) is 0 Å². The fraction of sp³-hybridized carbons (Fsp3) is 0.356. The average molecular weight is 852 g/mol. The highest BCUT2D eigenvalue weighted by Crippen LogP contribution is 2.27. The predicted molar refractivity (Wildman–Crippen MR) is 233 cm³/mol. The van der Waals surface area contributed by atoms with E-state index in [2.05, 4.69) is 39.2 Å². The van der Waals surface area contributed by atoms with E-state index in [0.29, 0.717) is 25.0 Å². The van der Waals surface area contributed by atoms with Crippen LogP contribution in [0.1, 0.15) is 49.9 Å². The van der Waals surface area contributed by atoms with Gasteiger partial charge in [0.05, 0.1) is 35.6 Å². The molecule has 5 heterocycles. The van der Waals surface area contributed by atoms with Crippen LogP contribution in [0, 0.1) is 11.8 Å². The van der Waals surface area contributed by atoms with Crippen LogP contribution in [0.25, 0.3) is 21.7 Å². The first-order valence-electron chi connectivity index (χ1n) is 20.0. The topological polar surface area (TPSA) is 116 Å². The van der Waals surface area contributed by atoms with E-state index in [1.54, 1.807) is 32.2 Å². The molecule has 3 aromatic heterocycles. The Labute approximate surface area is 357 Å². The van der Waals surface area contributed by atoms with Crippen molar-refractivity contribution in [2.75, 3.05) is 39.4 Å². The molecule has 2 aliphatic rings. The van der Waals surface area contributed by atoms with Crippen molar-refractivity contribution in [3.05, 3.63) is 124 Å². The first-order chi connectivity index (χ1) is 29.1. The highest BCUT2D eigenvalue weighted by Gasteiger charge is 2.25. The Hall–Kier alpha value is -5.31. The molecule has 0 unspecified atom stereocenters. The largest absolute Gasteiger partial charge is 0.494 e. The number of hydrogen-bond donors (Lipinski definition) is 0. The number of carbonyl (C=O) groups excluding carboxylic acids is 2. The maximum absolute atomic E-state index is 12.2. The molecule has 2 aliphatic heterocycles. The number of aromatic nitrogens is 3. The average Bonchev–Trinajstić information content (AvgIpc) is 4.12. The van der Waals surface area contributed by atoms with Crippen LogP contribution in [-0.2, 0) is 22.7 Å². The van der Waals surface area contributed by atoms with Crippen molar-refractivity contribution < 1.29 is 28.5 Å². The molecule has 11 nitrogen and oxygen atoms in total. The van der Waals surface area contributed by atoms with Crippen molar-refractivity contribution in [1.82, 2.24) is 24.8 Å². The zero-order valence-electron chi connectivity index (χ0n) is 32.9. The second kappa shape index (κ2) is 22.2. The summed E-state index contributed by atoms with van der Waals surface area (Å²) in [5.41, 5.74) is 8.56. The number of piperidine rings is 2. The van der Waals surface area contributed by atoms with Crippen molar-refractivity contribution in [3.8, 4) is 33.2 Å². The van der Waals surface area contributed by atoms with Gasteiger partial charge in [0.15, 0.2) is 0 Å². The van der Waals surface area contributed by atoms with Crippen molar-refractivity contribution in [2.45, 2.75) is 51.7 Å². The molecule has 8 rings (SSSR count). The van der Waals surface area contributed by atoms with Crippen LogP contribution >= 0.6 is 34.0 Å². The zero-order chi connectivity index (χ0) is 40.5. The molecule has 0 radical (unpaired) electrons. The lowest BCUT2D eigenvalue weighted by atomic mass is 9.94. The van der Waals surface area contributed by atoms with Crippen molar-refractivity contribution >= 4 is 46.2 Å². The number of nitrogens with zero attached hydrogens (tertiary/aromatic N) is 5. The molecule has 0 spiro atoms. The molecule has 2 saturated heterocycles. The minimum absolute atomic E-state index is 0.240. The number of benzene rings is 3. The fourth-order valence-corrected chi connectivity index (χ4v) is 8.75. The standard InChI is InChI=1S/C24H26N2O3S.C21H23N3O3S2/c27-24(29-16-22-17-30-18-25-22)26-12-9-19(10-13-26)11-14-28-23-8-4-7-21(15-23)20-5-2-1-3-6-20;25-21(27-13-18-14-28-15-23-18)24-9-5-16(6-10-24)7-11-26-19-3-1-17(2-4-19)20-22-8-12-29-20/h1-8,15,17-19H,9-14,16H2;1-4,8,12,14-16H,5-7,9-11,13H2. The molecule has 0 aliphatic carbocycles. The molecule has 3 aromatic carbocycles. The van der Waals surface area contributed by atoms with Gasteiger partial charge in [0, 0.05) is 54.1 Å². The number of carbonyl (C=O) groups is 2. The highest BCUT2D eigenvalue weighted by molar-refractivity contribution is 7.13. The maximum Gasteiger partial charge on any atom is 0.410 e. The summed E-state index contributed by atoms with van der Waals surface area (Å²) in [6.07, 6.45) is 7.27. The smallest absolute Gasteiger partial charge is 0.410 e. The van der Waals surface area contributed by atoms with Gasteiger partial charge in [-0.15, -0.1) is 34.0 Å². The van der Waals surface area contributed by atoms with E-state index in [9.17, 15) is 9.59 Å². The van der Waals surface area contributed by atoms with Crippen molar-refractivity contribution in [1.29, 1.82) is 0 Å². The maximum atomic E-state index is 12.2. The summed E-state index contributed by atoms with van der Waals surface area (Å²) in [6.45, 7) is 4.84. The summed E-state index contributed by atoms with van der Waals surface area (Å²) < 4.78 is 22.6. The normalized spacial score (nSPS) is 14.6. The first-order valence-corrected chi connectivity index (χ1v) is 22.8. The number of thiazole rings is 3. The van der Waals surface area contributed by atoms with Gasteiger partial charge in [0.25, 0.3) is 0 Å². The molecule has 308 valence electrons. The number of rotatable bonds is 14. The molecule has 0 saturated carbocycles. The Morgan fingerprint density at radius 1 is 0.610 bits per heavy atom. The third-order valence-corrected chi connectivity index (χ3v) is 12.6. The van der Waals surface area contributed by atoms with Gasteiger partial charge < -0.3 is 28.7 Å². The molecule has 2 fully saturated rings. The van der Waals surface area contributed by atoms with Gasteiger partial charge in [-0.25, -0.2) is 24.5 Å². The molecular formula is C45H49N5O6S3. The predicted octanol–water partition coefficient (Wildman–Crippen LogP) is 10.7. The number of ether oxygens (including phenoxy) is 4. The monoisotopic (exact) mass is 851 g/mol. The minimum atomic E-state index is -0.243. The number of hydrogen-bond acceptors (Lipinski definition) is 12. The number of likely N-dealkylation sites (tertiary alicyclic amines) is 2. The van der Waals surface area contributed by atoms with Gasteiger partial charge in [-0.1, -0.05) is 42.5 Å². The summed E-state index contributed by atoms with van der Waals surface area (Å²) in [7, 11) is 0. The SMILES string of the molecule is O=C(OCc1cscn1)N1CCC(CCOc2ccc(-c3nccs3)cc2)CC1.O=C(OCc1cscn1)N1CCC(CCOc2cccc(-c3ccccc3)c2)CC1. The third-order valence-electron chi connectivity index (χ3n) is 10.5. The Morgan fingerprint density at radius 3 is 1.69 bits per heavy atom. The Kier molecular flexibility index (Phi) is 15.7. The van der Waals surface area contributed by atoms with E-state index in [1.165, 1.54) is 28.2 Å². The minimum Gasteiger partial charge on any atom is -0.494 e. The molecule has 6 aromatic rings. The lowest BCUT2D eigenvalue weighted by Gasteiger charge is -2.31. The molecule has 0 bridgehead atoms. The molecule has 59 heavy (non-hydrogen) atoms. The van der Waals surface area contributed by atoms with Crippen molar-refractivity contribution in [2.24, 2.45) is 11.8 Å². The van der Waals surface area contributed by atoms with E-state index < -0.39 is 0 Å². The van der Waals surface area contributed by atoms with Crippen LogP contribution in [0.15, 0.2) is 112 Å². The fourth-order valence-electron chi connectivity index (χ4n) is 7.02. The van der Waals surface area contributed by atoms with E-state index in [1.807, 2.05) is 76.9 Å². The van der Waals surface area contributed by atoms with E-state index in [-0.39, 0.29) is 25.4 Å². The Morgan fingerprint density at radius 2 is 1.17 bits per heavy atom. The summed E-state index contributed by atoms with van der Waals surface area (Å²) in [6, 6.07) is 26.7. The van der Waals surface area contributed by atoms with Crippen LogP contribution in [0.2, 0.25) is 0 Å². The van der Waals surface area contributed by atoms with E-state index in [0.717, 1.165) is 104 Å². The summed E-state index contributed by atoms with van der Waals surface area (Å²) in [5.74, 6) is 2.94. The molecule has 0 N–H and O–H groups in total. The summed E-state index contributed by atoms with van der Waals surface area (Å²) in [4.78, 5) is 40.5. The van der Waals surface area contributed by atoms with Gasteiger partial charge in [0.1, 0.15) is 29.7 Å². The number of amides is 2. The van der Waals surface area contributed by atoms with Crippen LogP contribution in [0.5, 0.6) is 11.5 Å². The lowest BCUT2D eigenvalue weighted by molar-refractivity contribution is 0.0785. The molecule has 0 atom stereocenters. The van der Waals surface area contributed by atoms with Crippen LogP contribution < -0.4 is 9.47 Å². The quantitative estimate of drug-likeness (QED) is 0.106. The van der Waals surface area contributed by atoms with E-state index >= 15 is 0 Å². The van der Waals surface area contributed by atoms with Gasteiger partial charge in [-0.05, 0) is 97.9 Å². The lowest BCUT2D eigenvalue weighted by Crippen LogP contribution is -2.39.